The monoisotopic (exact) mass is 353 g/mol. The summed E-state index contributed by atoms with van der Waals surface area (Å²) < 4.78 is 9.60. The molecule has 0 N–H and O–H groups in total. The first-order valence-electron chi connectivity index (χ1n) is 7.40. The van der Waals surface area contributed by atoms with Crippen molar-refractivity contribution in [1.82, 2.24) is 4.57 Å². The molecule has 0 aliphatic carbocycles. The molecule has 2 nitrogen and oxygen atoms in total. The lowest BCUT2D eigenvalue weighted by molar-refractivity contribution is 0.289. The van der Waals surface area contributed by atoms with E-state index in [2.05, 4.69) is 71.0 Å². The molecule has 1 heterocycles. The van der Waals surface area contributed by atoms with Crippen molar-refractivity contribution in [2.75, 3.05) is 6.61 Å². The number of nitrogens with zero attached hydrogens (tertiary/aromatic N) is 1. The summed E-state index contributed by atoms with van der Waals surface area (Å²) >= 11 is 3.52. The van der Waals surface area contributed by atoms with Crippen molar-refractivity contribution in [2.24, 2.45) is 0 Å². The molecule has 20 heavy (non-hydrogen) atoms. The highest BCUT2D eigenvalue weighted by Gasteiger charge is 2.21. The predicted molar refractivity (Wildman–Crippen MR) is 92.8 cm³/mol. The van der Waals surface area contributed by atoms with E-state index in [0.717, 1.165) is 17.6 Å². The van der Waals surface area contributed by atoms with Crippen molar-refractivity contribution in [2.45, 2.75) is 45.4 Å². The molecule has 4 heteroatoms. The molecule has 0 fully saturated rings. The fraction of sp³-hybridized carbons (Fsp3) is 0.500. The molecule has 0 spiro atoms. The third kappa shape index (κ3) is 4.20. The van der Waals surface area contributed by atoms with E-state index in [-0.39, 0.29) is 0 Å². The van der Waals surface area contributed by atoms with E-state index in [0.29, 0.717) is 0 Å². The maximum Gasteiger partial charge on any atom is 0.186 e. The topological polar surface area (TPSA) is 14.2 Å². The van der Waals surface area contributed by atoms with Gasteiger partial charge in [-0.1, -0.05) is 35.7 Å². The third-order valence-corrected chi connectivity index (χ3v) is 6.73. The van der Waals surface area contributed by atoms with Crippen molar-refractivity contribution in [1.29, 1.82) is 0 Å². The molecule has 0 saturated heterocycles. The lowest BCUT2D eigenvalue weighted by atomic mass is 10.2. The largest absolute Gasteiger partial charge is 0.416 e. The lowest BCUT2D eigenvalue weighted by Crippen LogP contribution is -2.31. The van der Waals surface area contributed by atoms with Crippen LogP contribution in [0.3, 0.4) is 0 Å². The standard InChI is InChI=1S/C16H24BrNOSi/c1-4-5-12-20(2,3)19-11-10-18-9-8-14-13-15(17)6-7-16(14)18/h6-9,13H,4-5,10-12H2,1-3H3. The minimum atomic E-state index is -1.46. The number of halogens is 1. The number of benzene rings is 1. The van der Waals surface area contributed by atoms with Crippen LogP contribution in [0.15, 0.2) is 34.9 Å². The maximum atomic E-state index is 6.19. The van der Waals surface area contributed by atoms with Gasteiger partial charge in [-0.15, -0.1) is 0 Å². The first-order valence-corrected chi connectivity index (χ1v) is 11.3. The minimum absolute atomic E-state index is 0.822. The van der Waals surface area contributed by atoms with Gasteiger partial charge in [0.1, 0.15) is 0 Å². The van der Waals surface area contributed by atoms with E-state index in [1.807, 2.05) is 0 Å². The number of aromatic nitrogens is 1. The zero-order valence-corrected chi connectivity index (χ0v) is 15.2. The fourth-order valence-corrected chi connectivity index (χ4v) is 4.83. The number of unbranched alkanes of at least 4 members (excludes halogenated alkanes) is 1. The summed E-state index contributed by atoms with van der Waals surface area (Å²) in [4.78, 5) is 0. The van der Waals surface area contributed by atoms with Crippen LogP contribution in [-0.2, 0) is 11.0 Å². The Morgan fingerprint density at radius 1 is 1.25 bits per heavy atom. The average molecular weight is 354 g/mol. The predicted octanol–water partition coefficient (Wildman–Crippen LogP) is 5.43. The first kappa shape index (κ1) is 15.8. The Labute approximate surface area is 131 Å². The number of hydrogen-bond acceptors (Lipinski definition) is 1. The van der Waals surface area contributed by atoms with Gasteiger partial charge in [-0.3, -0.25) is 0 Å². The third-order valence-electron chi connectivity index (χ3n) is 3.69. The second kappa shape index (κ2) is 6.92. The quantitative estimate of drug-likeness (QED) is 0.605. The van der Waals surface area contributed by atoms with Gasteiger partial charge in [0.2, 0.25) is 0 Å². The molecule has 0 unspecified atom stereocenters. The number of rotatable bonds is 7. The van der Waals surface area contributed by atoms with Gasteiger partial charge in [-0.25, -0.2) is 0 Å². The van der Waals surface area contributed by atoms with Crippen molar-refractivity contribution in [3.63, 3.8) is 0 Å². The Kier molecular flexibility index (Phi) is 5.47. The summed E-state index contributed by atoms with van der Waals surface area (Å²) in [6.45, 7) is 8.66. The molecule has 1 aromatic heterocycles. The van der Waals surface area contributed by atoms with E-state index in [4.69, 9.17) is 4.43 Å². The highest BCUT2D eigenvalue weighted by molar-refractivity contribution is 9.10. The zero-order valence-electron chi connectivity index (χ0n) is 12.7. The molecule has 0 aliphatic heterocycles. The van der Waals surface area contributed by atoms with Gasteiger partial charge in [-0.2, -0.15) is 0 Å². The average Bonchev–Trinajstić information content (AvgIpc) is 2.79. The lowest BCUT2D eigenvalue weighted by Gasteiger charge is -2.22. The van der Waals surface area contributed by atoms with Crippen LogP contribution in [0.5, 0.6) is 0 Å². The number of hydrogen-bond donors (Lipinski definition) is 0. The summed E-state index contributed by atoms with van der Waals surface area (Å²) in [7, 11) is -1.46. The summed E-state index contributed by atoms with van der Waals surface area (Å²) in [5.74, 6) is 0. The van der Waals surface area contributed by atoms with Crippen LogP contribution in [0.4, 0.5) is 0 Å². The van der Waals surface area contributed by atoms with Crippen molar-refractivity contribution >= 4 is 35.2 Å². The van der Waals surface area contributed by atoms with Crippen LogP contribution in [0, 0.1) is 0 Å². The molecule has 2 aromatic rings. The minimum Gasteiger partial charge on any atom is -0.416 e. The van der Waals surface area contributed by atoms with Crippen LogP contribution in [0.1, 0.15) is 19.8 Å². The SMILES string of the molecule is CCCC[Si](C)(C)OCCn1ccc2cc(Br)ccc21. The van der Waals surface area contributed by atoms with Crippen LogP contribution >= 0.6 is 15.9 Å². The highest BCUT2D eigenvalue weighted by Crippen LogP contribution is 2.21. The Balaban J connectivity index is 1.93. The highest BCUT2D eigenvalue weighted by atomic mass is 79.9. The van der Waals surface area contributed by atoms with Crippen LogP contribution in [-0.4, -0.2) is 19.5 Å². The van der Waals surface area contributed by atoms with Crippen molar-refractivity contribution in [3.8, 4) is 0 Å². The van der Waals surface area contributed by atoms with Gasteiger partial charge in [-0.05, 0) is 43.4 Å². The molecule has 2 rings (SSSR count). The molecule has 1 aromatic carbocycles. The van der Waals surface area contributed by atoms with Gasteiger partial charge in [0.25, 0.3) is 0 Å². The second-order valence-electron chi connectivity index (χ2n) is 5.92. The maximum absolute atomic E-state index is 6.19. The van der Waals surface area contributed by atoms with E-state index in [9.17, 15) is 0 Å². The molecular formula is C16H24BrNOSi. The molecule has 110 valence electrons. The Hall–Kier alpha value is -0.583. The Morgan fingerprint density at radius 3 is 2.80 bits per heavy atom. The summed E-state index contributed by atoms with van der Waals surface area (Å²) in [6.07, 6.45) is 4.71. The van der Waals surface area contributed by atoms with Crippen molar-refractivity contribution in [3.05, 3.63) is 34.9 Å². The van der Waals surface area contributed by atoms with E-state index < -0.39 is 8.32 Å². The van der Waals surface area contributed by atoms with Gasteiger partial charge in [0.05, 0.1) is 6.61 Å². The number of fused-ring (bicyclic) bond motifs is 1. The molecule has 0 bridgehead atoms. The van der Waals surface area contributed by atoms with Gasteiger partial charge >= 0.3 is 0 Å². The molecular weight excluding hydrogens is 330 g/mol. The Morgan fingerprint density at radius 2 is 2.05 bits per heavy atom. The molecule has 0 saturated carbocycles. The summed E-state index contributed by atoms with van der Waals surface area (Å²) in [6, 6.07) is 9.86. The van der Waals surface area contributed by atoms with E-state index in [1.54, 1.807) is 0 Å². The molecule has 0 atom stereocenters. The summed E-state index contributed by atoms with van der Waals surface area (Å²) in [5.41, 5.74) is 1.28. The van der Waals surface area contributed by atoms with E-state index >= 15 is 0 Å². The molecule has 0 aliphatic rings. The van der Waals surface area contributed by atoms with Crippen molar-refractivity contribution < 1.29 is 4.43 Å². The fourth-order valence-electron chi connectivity index (χ4n) is 2.46. The van der Waals surface area contributed by atoms with Gasteiger partial charge in [0.15, 0.2) is 8.32 Å². The molecule has 0 amide bonds. The molecule has 0 radical (unpaired) electrons. The van der Waals surface area contributed by atoms with Gasteiger partial charge < -0.3 is 8.99 Å². The zero-order chi connectivity index (χ0) is 14.6. The Bertz CT molecular complexity index is 565. The van der Waals surface area contributed by atoms with Crippen LogP contribution < -0.4 is 0 Å². The summed E-state index contributed by atoms with van der Waals surface area (Å²) in [5, 5.41) is 1.28. The van der Waals surface area contributed by atoms with Crippen LogP contribution in [0.2, 0.25) is 19.1 Å². The first-order chi connectivity index (χ1) is 9.52. The second-order valence-corrected chi connectivity index (χ2v) is 11.1. The normalized spacial score (nSPS) is 12.2. The van der Waals surface area contributed by atoms with Gasteiger partial charge in [0, 0.05) is 28.1 Å². The van der Waals surface area contributed by atoms with E-state index in [1.165, 1.54) is 29.8 Å². The van der Waals surface area contributed by atoms with Crippen LogP contribution in [0.25, 0.3) is 10.9 Å². The smallest absolute Gasteiger partial charge is 0.186 e.